The Morgan fingerprint density at radius 1 is 0.739 bits per heavy atom. The van der Waals surface area contributed by atoms with Gasteiger partial charge in [0.2, 0.25) is 5.91 Å². The molecule has 0 aromatic heterocycles. The maximum atomic E-state index is 12.7. The fourth-order valence-corrected chi connectivity index (χ4v) is 5.24. The Balaban J connectivity index is 4.70. The maximum absolute atomic E-state index is 12.7. The van der Waals surface area contributed by atoms with Gasteiger partial charge in [0.15, 0.2) is 0 Å². The highest BCUT2D eigenvalue weighted by atomic mass is 31.2. The minimum atomic E-state index is -4.59. The minimum Gasteiger partial charge on any atom is -0.756 e. The lowest BCUT2D eigenvalue weighted by atomic mass is 10.1. The number of nitrogens with one attached hydrogen (secondary N) is 1. The molecule has 0 aliphatic carbocycles. The quantitative estimate of drug-likeness (QED) is 0.0333. The van der Waals surface area contributed by atoms with Gasteiger partial charge < -0.3 is 28.8 Å². The van der Waals surface area contributed by atoms with E-state index >= 15 is 0 Å². The molecule has 0 aliphatic heterocycles. The summed E-state index contributed by atoms with van der Waals surface area (Å²) >= 11 is 0. The van der Waals surface area contributed by atoms with Gasteiger partial charge in [-0.2, -0.15) is 0 Å². The molecule has 268 valence electrons. The average Bonchev–Trinajstić information content (AvgIpc) is 2.99. The second-order valence-corrected chi connectivity index (χ2v) is 14.6. The monoisotopic (exact) mass is 668 g/mol. The molecular formula is C37H69N2O6P. The van der Waals surface area contributed by atoms with E-state index in [2.05, 4.69) is 55.6 Å². The number of aliphatic hydroxyl groups excluding tert-OH is 1. The van der Waals surface area contributed by atoms with Gasteiger partial charge in [0.05, 0.1) is 39.9 Å². The molecule has 0 spiro atoms. The van der Waals surface area contributed by atoms with E-state index in [-0.39, 0.29) is 12.5 Å². The number of hydrogen-bond acceptors (Lipinski definition) is 6. The molecule has 0 radical (unpaired) electrons. The van der Waals surface area contributed by atoms with Gasteiger partial charge in [-0.1, -0.05) is 107 Å². The Kier molecular flexibility index (Phi) is 28.6. The number of unbranched alkanes of at least 4 members (excludes halogenated alkanes) is 12. The van der Waals surface area contributed by atoms with Crippen molar-refractivity contribution < 1.29 is 32.9 Å². The number of allylic oxidation sites excluding steroid dienone is 7. The number of phosphoric ester groups is 1. The summed E-state index contributed by atoms with van der Waals surface area (Å²) in [6.45, 7) is 4.49. The van der Waals surface area contributed by atoms with Gasteiger partial charge in [-0.15, -0.1) is 0 Å². The number of carbonyl (C=O) groups is 1. The summed E-state index contributed by atoms with van der Waals surface area (Å²) in [7, 11) is 1.22. The fourth-order valence-electron chi connectivity index (χ4n) is 4.51. The van der Waals surface area contributed by atoms with Crippen LogP contribution in [0.3, 0.4) is 0 Å². The molecule has 8 nitrogen and oxygen atoms in total. The lowest BCUT2D eigenvalue weighted by Gasteiger charge is -2.29. The number of amides is 1. The number of rotatable bonds is 31. The van der Waals surface area contributed by atoms with Crippen molar-refractivity contribution in [1.29, 1.82) is 0 Å². The van der Waals surface area contributed by atoms with Crippen LogP contribution in [0.4, 0.5) is 0 Å². The normalized spacial score (nSPS) is 15.4. The van der Waals surface area contributed by atoms with Gasteiger partial charge in [-0.3, -0.25) is 9.36 Å². The van der Waals surface area contributed by atoms with Gasteiger partial charge in [0.25, 0.3) is 7.82 Å². The van der Waals surface area contributed by atoms with E-state index in [0.29, 0.717) is 17.4 Å². The van der Waals surface area contributed by atoms with Crippen molar-refractivity contribution in [1.82, 2.24) is 5.32 Å². The molecule has 0 fully saturated rings. The summed E-state index contributed by atoms with van der Waals surface area (Å²) in [6.07, 6.45) is 34.4. The molecule has 0 heterocycles. The summed E-state index contributed by atoms with van der Waals surface area (Å²) < 4.78 is 23.0. The largest absolute Gasteiger partial charge is 0.756 e. The fraction of sp³-hybridized carbons (Fsp3) is 0.757. The number of phosphoric acid groups is 1. The van der Waals surface area contributed by atoms with Gasteiger partial charge in [0.1, 0.15) is 13.2 Å². The van der Waals surface area contributed by atoms with E-state index in [1.165, 1.54) is 32.1 Å². The van der Waals surface area contributed by atoms with Crippen molar-refractivity contribution in [2.45, 2.75) is 142 Å². The Labute approximate surface area is 282 Å². The topological polar surface area (TPSA) is 108 Å². The van der Waals surface area contributed by atoms with E-state index < -0.39 is 26.6 Å². The van der Waals surface area contributed by atoms with Crippen LogP contribution in [0.1, 0.15) is 129 Å². The van der Waals surface area contributed by atoms with Crippen LogP contribution >= 0.6 is 7.82 Å². The molecule has 0 rings (SSSR count). The van der Waals surface area contributed by atoms with Crippen LogP contribution in [0.2, 0.25) is 0 Å². The highest BCUT2D eigenvalue weighted by molar-refractivity contribution is 7.45. The smallest absolute Gasteiger partial charge is 0.268 e. The van der Waals surface area contributed by atoms with Crippen LogP contribution in [0.15, 0.2) is 48.6 Å². The summed E-state index contributed by atoms with van der Waals surface area (Å²) in [5.74, 6) is -0.228. The van der Waals surface area contributed by atoms with Gasteiger partial charge in [-0.25, -0.2) is 0 Å². The molecule has 46 heavy (non-hydrogen) atoms. The second-order valence-electron chi connectivity index (χ2n) is 13.2. The van der Waals surface area contributed by atoms with Crippen LogP contribution in [0, 0.1) is 0 Å². The lowest BCUT2D eigenvalue weighted by molar-refractivity contribution is -0.870. The molecule has 2 N–H and O–H groups in total. The minimum absolute atomic E-state index is 0.0122. The number of carbonyl (C=O) groups excluding carboxylic acids is 1. The number of quaternary nitrogens is 1. The Morgan fingerprint density at radius 3 is 1.83 bits per heavy atom. The second kappa shape index (κ2) is 29.6. The van der Waals surface area contributed by atoms with Crippen LogP contribution in [0.25, 0.3) is 0 Å². The molecule has 3 atom stereocenters. The Morgan fingerprint density at radius 2 is 1.24 bits per heavy atom. The zero-order chi connectivity index (χ0) is 34.4. The van der Waals surface area contributed by atoms with Gasteiger partial charge in [-0.05, 0) is 64.2 Å². The highest BCUT2D eigenvalue weighted by Crippen LogP contribution is 2.38. The third-order valence-corrected chi connectivity index (χ3v) is 8.45. The van der Waals surface area contributed by atoms with Crippen LogP contribution in [0.5, 0.6) is 0 Å². The molecule has 0 aliphatic rings. The maximum Gasteiger partial charge on any atom is 0.268 e. The van der Waals surface area contributed by atoms with Gasteiger partial charge >= 0.3 is 0 Å². The molecular weight excluding hydrogens is 599 g/mol. The van der Waals surface area contributed by atoms with E-state index in [9.17, 15) is 19.4 Å². The summed E-state index contributed by atoms with van der Waals surface area (Å²) in [5, 5.41) is 13.6. The zero-order valence-electron chi connectivity index (χ0n) is 30.0. The van der Waals surface area contributed by atoms with E-state index in [1.807, 2.05) is 27.2 Å². The number of likely N-dealkylation sites (N-methyl/N-ethyl adjacent to an activating group) is 1. The first-order valence-electron chi connectivity index (χ1n) is 18.0. The third-order valence-electron chi connectivity index (χ3n) is 7.49. The van der Waals surface area contributed by atoms with Crippen molar-refractivity contribution >= 4 is 13.7 Å². The van der Waals surface area contributed by atoms with E-state index in [1.54, 1.807) is 6.08 Å². The van der Waals surface area contributed by atoms with E-state index in [4.69, 9.17) is 9.05 Å². The molecule has 9 heteroatoms. The first kappa shape index (κ1) is 44.5. The first-order chi connectivity index (χ1) is 22.0. The van der Waals surface area contributed by atoms with Crippen LogP contribution in [-0.4, -0.2) is 68.5 Å². The molecule has 3 unspecified atom stereocenters. The van der Waals surface area contributed by atoms with Crippen molar-refractivity contribution in [3.8, 4) is 0 Å². The lowest BCUT2D eigenvalue weighted by Crippen LogP contribution is -2.45. The predicted molar refractivity (Wildman–Crippen MR) is 191 cm³/mol. The SMILES string of the molecule is CCCC/C=C\CCCCCCCC(=O)NC(COP(=O)([O-])OCC[N+](C)(C)C)C(O)/C=C/CC/C=C/CC/C=C/CCCCC. The van der Waals surface area contributed by atoms with Crippen molar-refractivity contribution in [3.63, 3.8) is 0 Å². The first-order valence-corrected chi connectivity index (χ1v) is 19.5. The number of aliphatic hydroxyl groups is 1. The third kappa shape index (κ3) is 31.1. The molecule has 0 bridgehead atoms. The van der Waals surface area contributed by atoms with Gasteiger partial charge in [0, 0.05) is 6.42 Å². The molecule has 0 saturated heterocycles. The summed E-state index contributed by atoms with van der Waals surface area (Å²) in [6, 6.07) is -0.910. The molecule has 0 aromatic carbocycles. The van der Waals surface area contributed by atoms with E-state index in [0.717, 1.165) is 77.0 Å². The highest BCUT2D eigenvalue weighted by Gasteiger charge is 2.23. The predicted octanol–water partition coefficient (Wildman–Crippen LogP) is 8.33. The standard InChI is InChI=1S/C37H69N2O6P/c1-6-8-10-12-14-16-18-19-21-22-24-26-28-30-36(40)35(34-45-46(42,43)44-33-32-39(3,4)5)38-37(41)31-29-27-25-23-20-17-15-13-11-9-7-2/h13-16,21-22,28,30,35-36,40H,6-12,17-20,23-27,29,31-34H2,1-5H3,(H-,38,41,42,43)/b15-13-,16-14+,22-21+,30-28+. The molecule has 1 amide bonds. The Hall–Kier alpha value is -1.54. The summed E-state index contributed by atoms with van der Waals surface area (Å²) in [5.41, 5.74) is 0. The number of nitrogens with zero attached hydrogens (tertiary/aromatic N) is 1. The van der Waals surface area contributed by atoms with Crippen molar-refractivity contribution in [2.75, 3.05) is 40.9 Å². The molecule has 0 saturated carbocycles. The zero-order valence-corrected chi connectivity index (χ0v) is 30.9. The van der Waals surface area contributed by atoms with Crippen LogP contribution in [-0.2, 0) is 18.4 Å². The Bertz CT molecular complexity index is 897. The van der Waals surface area contributed by atoms with Crippen LogP contribution < -0.4 is 10.2 Å². The van der Waals surface area contributed by atoms with Crippen molar-refractivity contribution in [3.05, 3.63) is 48.6 Å². The average molecular weight is 669 g/mol. The van der Waals surface area contributed by atoms with Crippen molar-refractivity contribution in [2.24, 2.45) is 0 Å². The number of hydrogen-bond donors (Lipinski definition) is 2. The molecule has 0 aromatic rings. The summed E-state index contributed by atoms with van der Waals surface area (Å²) in [4.78, 5) is 25.1.